The molecule has 0 bridgehead atoms. The van der Waals surface area contributed by atoms with Gasteiger partial charge < -0.3 is 5.73 Å². The number of alkyl halides is 3. The number of hydrogen-bond donors (Lipinski definition) is 1. The van der Waals surface area contributed by atoms with Crippen LogP contribution in [0.3, 0.4) is 0 Å². The summed E-state index contributed by atoms with van der Waals surface area (Å²) in [5.41, 5.74) is 16.7. The molecule has 2 N–H and O–H groups in total. The van der Waals surface area contributed by atoms with E-state index in [0.717, 1.165) is 62.0 Å². The maximum absolute atomic E-state index is 13.0. The minimum atomic E-state index is -4.40. The summed E-state index contributed by atoms with van der Waals surface area (Å²) in [5.74, 6) is -0.465. The van der Waals surface area contributed by atoms with Gasteiger partial charge in [-0.15, -0.1) is 0 Å². The standard InChI is InChI=1S/C10H14ClN.C10H13Cl.2C10H15N.C9H12ClN.C9H11F3N2.3C9H12FN.C9H13N.2CH4/c1-10(2,3)8-6-7(11)4-5-9(8)12;1-10(2,3)8-5-4-6-9(11)7-8;1-8-7-9(5-6-11-8)10(2,3)4;1-8-6-5-7-9(11-8)10(2,3)4;1-9(2,3)7-5-4-6-8(10)11-7;1-8(2,3)7-13-5-4-6(14-7)9(10,11)12;1-9(2,3)7-4-5-11-6-8(7)10;2*1-9(2,3)8-7(10)5-4-6-11-8;1-9(2,3)8-6-4-5-7-10-8;;/h4-6H,12H2,1-3H3;4-7H,1-3H3;2*5-7H,1-4H3;4-6H,1-3H3;4-5H,1-3H3;3*4-6H,1-3H3;4-7H,1-3H3;2*1H4. The van der Waals surface area contributed by atoms with Gasteiger partial charge in [0.15, 0.2) is 0 Å². The zero-order valence-electron chi connectivity index (χ0n) is 73.4. The SMILES string of the molecule is C.C.CC(C)(C)c1cc(Cl)ccc1N.CC(C)(C)c1cccc(Cl)c1.CC(C)(C)c1cccc(Cl)n1.CC(C)(C)c1ccccn1.CC(C)(C)c1ccncc1F.CC(C)(C)c1nccc(C(F)(F)F)n1.CC(C)(C)c1ncccc1F.CC(C)(C)c1ncccc1F.Cc1cc(C(C)(C)C)ccn1.Cc1cccc(C(C)(C)C)n1. The van der Waals surface area contributed by atoms with Gasteiger partial charge in [0.1, 0.15) is 34.1 Å². The topological polar surface area (TPSA) is 142 Å². The fourth-order valence-corrected chi connectivity index (χ4v) is 10.0. The van der Waals surface area contributed by atoms with Crippen molar-refractivity contribution in [3.63, 3.8) is 0 Å². The molecule has 8 aromatic heterocycles. The van der Waals surface area contributed by atoms with Gasteiger partial charge in [-0.1, -0.05) is 288 Å². The molecule has 0 unspecified atom stereocenters. The van der Waals surface area contributed by atoms with E-state index in [1.807, 2.05) is 155 Å². The summed E-state index contributed by atoms with van der Waals surface area (Å²) in [6, 6.07) is 44.4. The lowest BCUT2D eigenvalue weighted by atomic mass is 9.86. The zero-order valence-corrected chi connectivity index (χ0v) is 75.7. The molecule has 0 aliphatic heterocycles. The summed E-state index contributed by atoms with van der Waals surface area (Å²) in [4.78, 5) is 36.0. The minimum absolute atomic E-state index is 0. The molecule has 0 atom stereocenters. The Morgan fingerprint density at radius 3 is 1.07 bits per heavy atom. The number of halogens is 9. The molecule has 10 aromatic rings. The van der Waals surface area contributed by atoms with Crippen molar-refractivity contribution < 1.29 is 26.3 Å². The van der Waals surface area contributed by atoms with Gasteiger partial charge in [-0.2, -0.15) is 13.2 Å². The average molecular weight is 1650 g/mol. The van der Waals surface area contributed by atoms with Gasteiger partial charge in [-0.3, -0.25) is 29.9 Å². The molecule has 0 aliphatic carbocycles. The summed E-state index contributed by atoms with van der Waals surface area (Å²) in [6.45, 7) is 65.8. The number of rotatable bonds is 0. The van der Waals surface area contributed by atoms with Crippen molar-refractivity contribution in [2.45, 2.75) is 297 Å². The third kappa shape index (κ3) is 43.6. The van der Waals surface area contributed by atoms with Crippen LogP contribution in [0.5, 0.6) is 0 Å². The lowest BCUT2D eigenvalue weighted by Gasteiger charge is -2.21. The summed E-state index contributed by atoms with van der Waals surface area (Å²) in [7, 11) is 0. The molecule has 634 valence electrons. The highest BCUT2D eigenvalue weighted by atomic mass is 35.5. The number of anilines is 1. The summed E-state index contributed by atoms with van der Waals surface area (Å²) >= 11 is 17.5. The van der Waals surface area contributed by atoms with E-state index in [-0.39, 0.29) is 86.9 Å². The van der Waals surface area contributed by atoms with E-state index in [2.05, 4.69) is 206 Å². The molecule has 0 radical (unpaired) electrons. The Hall–Kier alpha value is -8.18. The fraction of sp³-hybridized carbons (Fsp3) is 0.469. The first-order valence-electron chi connectivity index (χ1n) is 37.7. The molecule has 19 heteroatoms. The summed E-state index contributed by atoms with van der Waals surface area (Å²) in [5, 5.41) is 2.13. The Morgan fingerprint density at radius 1 is 0.304 bits per heavy atom. The van der Waals surface area contributed by atoms with Crippen LogP contribution < -0.4 is 5.73 Å². The fourth-order valence-electron chi connectivity index (χ4n) is 9.47. The maximum Gasteiger partial charge on any atom is 0.433 e. The number of aryl methyl sites for hydroxylation is 2. The second kappa shape index (κ2) is 46.7. The van der Waals surface area contributed by atoms with E-state index in [0.29, 0.717) is 22.1 Å². The Kier molecular flexibility index (Phi) is 44.2. The van der Waals surface area contributed by atoms with Gasteiger partial charge in [-0.25, -0.2) is 28.1 Å². The second-order valence-corrected chi connectivity index (χ2v) is 38.7. The first-order valence-corrected chi connectivity index (χ1v) is 38.9. The van der Waals surface area contributed by atoms with E-state index >= 15 is 0 Å². The molecule has 0 spiro atoms. The van der Waals surface area contributed by atoms with Crippen molar-refractivity contribution in [2.24, 2.45) is 0 Å². The average Bonchev–Trinajstić information content (AvgIpc) is 0.817. The lowest BCUT2D eigenvalue weighted by molar-refractivity contribution is -0.141. The van der Waals surface area contributed by atoms with Gasteiger partial charge in [0.2, 0.25) is 0 Å². The summed E-state index contributed by atoms with van der Waals surface area (Å²) < 4.78 is 75.9. The van der Waals surface area contributed by atoms with Crippen LogP contribution in [-0.4, -0.2) is 44.9 Å². The van der Waals surface area contributed by atoms with E-state index in [1.165, 1.54) is 29.5 Å². The Balaban J connectivity index is 0. The number of nitrogens with zero attached hydrogens (tertiary/aromatic N) is 9. The van der Waals surface area contributed by atoms with Crippen LogP contribution in [0.25, 0.3) is 0 Å². The van der Waals surface area contributed by atoms with E-state index in [4.69, 9.17) is 40.5 Å². The van der Waals surface area contributed by atoms with Gasteiger partial charge in [0.05, 0.1) is 17.6 Å². The molecule has 0 saturated carbocycles. The van der Waals surface area contributed by atoms with Crippen LogP contribution in [0.2, 0.25) is 15.2 Å². The highest BCUT2D eigenvalue weighted by Gasteiger charge is 2.34. The molecular weight excluding hydrogens is 1510 g/mol. The second-order valence-electron chi connectivity index (χ2n) is 37.4. The number of pyridine rings is 7. The molecule has 0 aliphatic rings. The third-order valence-corrected chi connectivity index (χ3v) is 16.7. The largest absolute Gasteiger partial charge is 0.433 e. The van der Waals surface area contributed by atoms with E-state index in [1.54, 1.807) is 63.6 Å². The predicted octanol–water partition coefficient (Wildman–Crippen LogP) is 29.3. The third-order valence-electron chi connectivity index (χ3n) is 16.0. The van der Waals surface area contributed by atoms with Crippen LogP contribution in [0, 0.1) is 31.3 Å². The minimum Gasteiger partial charge on any atom is -0.398 e. The maximum atomic E-state index is 13.0. The Bertz CT molecular complexity index is 4060. The van der Waals surface area contributed by atoms with Crippen molar-refractivity contribution in [3.8, 4) is 0 Å². The molecule has 10 rings (SSSR count). The quantitative estimate of drug-likeness (QED) is 0.0886. The van der Waals surface area contributed by atoms with Crippen molar-refractivity contribution in [1.29, 1.82) is 0 Å². The number of nitrogen functional groups attached to an aromatic ring is 1. The van der Waals surface area contributed by atoms with Crippen molar-refractivity contribution >= 4 is 40.5 Å². The summed E-state index contributed by atoms with van der Waals surface area (Å²) in [6.07, 6.45) is 6.54. The highest BCUT2D eigenvalue weighted by Crippen LogP contribution is 2.33. The zero-order chi connectivity index (χ0) is 87.3. The molecule has 0 fully saturated rings. The molecule has 8 heterocycles. The van der Waals surface area contributed by atoms with Crippen molar-refractivity contribution in [1.82, 2.24) is 44.9 Å². The number of aromatic nitrogens is 9. The van der Waals surface area contributed by atoms with Crippen molar-refractivity contribution in [2.75, 3.05) is 5.73 Å². The van der Waals surface area contributed by atoms with Gasteiger partial charge in [0, 0.05) is 114 Å². The highest BCUT2D eigenvalue weighted by molar-refractivity contribution is 6.31. The molecule has 115 heavy (non-hydrogen) atoms. The molecule has 0 saturated heterocycles. The van der Waals surface area contributed by atoms with Crippen molar-refractivity contribution in [3.05, 3.63) is 295 Å². The molecule has 10 nitrogen and oxygen atoms in total. The van der Waals surface area contributed by atoms with Crippen LogP contribution in [0.4, 0.5) is 32.0 Å². The van der Waals surface area contributed by atoms with Crippen LogP contribution in [0.1, 0.15) is 296 Å². The van der Waals surface area contributed by atoms with Crippen LogP contribution in [0.15, 0.2) is 189 Å². The molecule has 2 aromatic carbocycles. The predicted molar refractivity (Wildman–Crippen MR) is 479 cm³/mol. The van der Waals surface area contributed by atoms with Crippen LogP contribution in [-0.2, 0) is 60.3 Å². The smallest absolute Gasteiger partial charge is 0.398 e. The number of nitrogens with two attached hydrogens (primary N) is 1. The normalized spacial score (nSPS) is 11.6. The van der Waals surface area contributed by atoms with Gasteiger partial charge >= 0.3 is 6.18 Å². The number of hydrogen-bond acceptors (Lipinski definition) is 10. The van der Waals surface area contributed by atoms with Gasteiger partial charge in [0.25, 0.3) is 0 Å². The monoisotopic (exact) mass is 1650 g/mol. The van der Waals surface area contributed by atoms with Crippen LogP contribution >= 0.6 is 34.8 Å². The van der Waals surface area contributed by atoms with Gasteiger partial charge in [-0.05, 0) is 173 Å². The van der Waals surface area contributed by atoms with E-state index in [9.17, 15) is 26.3 Å². The lowest BCUT2D eigenvalue weighted by Crippen LogP contribution is -2.19. The first-order chi connectivity index (χ1) is 51.3. The Morgan fingerprint density at radius 2 is 0.748 bits per heavy atom. The first kappa shape index (κ1) is 109. The molecular formula is C96H137Cl3F6N10. The molecule has 0 amide bonds. The Labute approximate surface area is 705 Å². The number of benzene rings is 2. The van der Waals surface area contributed by atoms with E-state index < -0.39 is 17.3 Å².